The molecule has 0 aliphatic carbocycles. The summed E-state index contributed by atoms with van der Waals surface area (Å²) >= 11 is 0. The molecule has 0 bridgehead atoms. The van der Waals surface area contributed by atoms with Crippen molar-refractivity contribution in [1.29, 1.82) is 0 Å². The number of rotatable bonds is 2. The average molecular weight is 283 g/mol. The zero-order valence-electron chi connectivity index (χ0n) is 11.5. The first kappa shape index (κ1) is 13.6. The van der Waals surface area contributed by atoms with E-state index in [2.05, 4.69) is 4.90 Å². The molecule has 7 heteroatoms. The van der Waals surface area contributed by atoms with Crippen molar-refractivity contribution in [2.75, 3.05) is 59.0 Å². The Kier molecular flexibility index (Phi) is 3.80. The van der Waals surface area contributed by atoms with Gasteiger partial charge in [0, 0.05) is 39.3 Å². The zero-order chi connectivity index (χ0) is 14.1. The van der Waals surface area contributed by atoms with Crippen molar-refractivity contribution >= 4 is 12.0 Å². The topological polar surface area (TPSA) is 73.3 Å². The minimum atomic E-state index is -0.824. The Hall–Kier alpha value is -1.34. The Bertz CT molecular complexity index is 383. The maximum absolute atomic E-state index is 12.2. The van der Waals surface area contributed by atoms with Gasteiger partial charge < -0.3 is 19.6 Å². The number of morpholine rings is 1. The van der Waals surface area contributed by atoms with Crippen LogP contribution in [-0.2, 0) is 9.53 Å². The van der Waals surface area contributed by atoms with Crippen LogP contribution in [0, 0.1) is 11.8 Å². The van der Waals surface area contributed by atoms with Gasteiger partial charge in [0.25, 0.3) is 0 Å². The van der Waals surface area contributed by atoms with Gasteiger partial charge in [-0.2, -0.15) is 0 Å². The lowest BCUT2D eigenvalue weighted by Gasteiger charge is -2.29. The highest BCUT2D eigenvalue weighted by Crippen LogP contribution is 2.30. The second-order valence-electron chi connectivity index (χ2n) is 5.89. The van der Waals surface area contributed by atoms with Gasteiger partial charge in [-0.15, -0.1) is 0 Å². The third-order valence-electron chi connectivity index (χ3n) is 4.56. The lowest BCUT2D eigenvalue weighted by atomic mass is 10.0. The van der Waals surface area contributed by atoms with Crippen LogP contribution < -0.4 is 0 Å². The van der Waals surface area contributed by atoms with Crippen molar-refractivity contribution < 1.29 is 19.4 Å². The molecule has 112 valence electrons. The summed E-state index contributed by atoms with van der Waals surface area (Å²) in [6, 6.07) is 0. The molecule has 3 rings (SSSR count). The van der Waals surface area contributed by atoms with Gasteiger partial charge in [-0.3, -0.25) is 9.69 Å². The predicted molar refractivity (Wildman–Crippen MR) is 70.4 cm³/mol. The van der Waals surface area contributed by atoms with Crippen molar-refractivity contribution in [2.24, 2.45) is 11.8 Å². The fourth-order valence-corrected chi connectivity index (χ4v) is 3.48. The third-order valence-corrected chi connectivity index (χ3v) is 4.56. The van der Waals surface area contributed by atoms with Crippen LogP contribution in [0.15, 0.2) is 0 Å². The Labute approximate surface area is 118 Å². The standard InChI is InChI=1S/C13H21N3O4/c17-12(15-1-3-20-4-2-15)9-14-5-10-7-16(13(18)19)8-11(10)6-14/h10-11H,1-9H2,(H,18,19). The van der Waals surface area contributed by atoms with Gasteiger partial charge >= 0.3 is 6.09 Å². The van der Waals surface area contributed by atoms with E-state index in [-0.39, 0.29) is 5.91 Å². The normalized spacial score (nSPS) is 30.6. The smallest absolute Gasteiger partial charge is 0.407 e. The van der Waals surface area contributed by atoms with Crippen LogP contribution in [0.2, 0.25) is 0 Å². The molecule has 2 atom stereocenters. The molecule has 2 amide bonds. The molecule has 0 aromatic heterocycles. The SMILES string of the molecule is O=C(O)N1CC2CN(CC(=O)N3CCOCC3)CC2C1. The van der Waals surface area contributed by atoms with Crippen LogP contribution in [0.4, 0.5) is 4.79 Å². The van der Waals surface area contributed by atoms with Crippen LogP contribution in [0.5, 0.6) is 0 Å². The summed E-state index contributed by atoms with van der Waals surface area (Å²) in [6.45, 7) is 5.99. The highest BCUT2D eigenvalue weighted by atomic mass is 16.5. The van der Waals surface area contributed by atoms with E-state index in [0.29, 0.717) is 57.8 Å². The number of carbonyl (C=O) groups is 2. The first-order valence-electron chi connectivity index (χ1n) is 7.19. The number of hydrogen-bond acceptors (Lipinski definition) is 4. The molecular formula is C13H21N3O4. The van der Waals surface area contributed by atoms with Crippen LogP contribution >= 0.6 is 0 Å². The Morgan fingerprint density at radius 1 is 1.00 bits per heavy atom. The van der Waals surface area contributed by atoms with E-state index < -0.39 is 6.09 Å². The van der Waals surface area contributed by atoms with E-state index in [9.17, 15) is 9.59 Å². The average Bonchev–Trinajstić information content (AvgIpc) is 2.97. The molecule has 2 unspecified atom stereocenters. The highest BCUT2D eigenvalue weighted by molar-refractivity contribution is 5.78. The minimum absolute atomic E-state index is 0.170. The van der Waals surface area contributed by atoms with E-state index in [0.717, 1.165) is 13.1 Å². The summed E-state index contributed by atoms with van der Waals surface area (Å²) in [5, 5.41) is 8.99. The van der Waals surface area contributed by atoms with Crippen molar-refractivity contribution in [3.8, 4) is 0 Å². The zero-order valence-corrected chi connectivity index (χ0v) is 11.5. The van der Waals surface area contributed by atoms with E-state index >= 15 is 0 Å². The molecule has 3 aliphatic rings. The van der Waals surface area contributed by atoms with E-state index in [1.807, 2.05) is 4.90 Å². The second kappa shape index (κ2) is 5.57. The van der Waals surface area contributed by atoms with E-state index in [1.165, 1.54) is 4.90 Å². The second-order valence-corrected chi connectivity index (χ2v) is 5.89. The molecular weight excluding hydrogens is 262 g/mol. The van der Waals surface area contributed by atoms with Gasteiger partial charge in [-0.25, -0.2) is 4.79 Å². The van der Waals surface area contributed by atoms with Gasteiger partial charge in [0.1, 0.15) is 0 Å². The number of hydrogen-bond donors (Lipinski definition) is 1. The lowest BCUT2D eigenvalue weighted by molar-refractivity contribution is -0.136. The summed E-state index contributed by atoms with van der Waals surface area (Å²) in [4.78, 5) is 28.6. The molecule has 3 heterocycles. The lowest BCUT2D eigenvalue weighted by Crippen LogP contribution is -2.45. The largest absolute Gasteiger partial charge is 0.465 e. The van der Waals surface area contributed by atoms with E-state index in [1.54, 1.807) is 0 Å². The fourth-order valence-electron chi connectivity index (χ4n) is 3.48. The Balaban J connectivity index is 1.47. The van der Waals surface area contributed by atoms with Gasteiger partial charge in [0.2, 0.25) is 5.91 Å². The van der Waals surface area contributed by atoms with Gasteiger partial charge in [-0.1, -0.05) is 0 Å². The predicted octanol–water partition coefficient (Wildman–Crippen LogP) is -0.613. The van der Waals surface area contributed by atoms with Crippen molar-refractivity contribution in [1.82, 2.24) is 14.7 Å². The number of nitrogens with zero attached hydrogens (tertiary/aromatic N) is 3. The molecule has 0 aromatic rings. The Morgan fingerprint density at radius 3 is 2.15 bits per heavy atom. The fraction of sp³-hybridized carbons (Fsp3) is 0.846. The summed E-state index contributed by atoms with van der Waals surface area (Å²) in [6.07, 6.45) is -0.824. The van der Waals surface area contributed by atoms with Crippen LogP contribution in [-0.4, -0.2) is 90.8 Å². The first-order chi connectivity index (χ1) is 9.63. The molecule has 0 aromatic carbocycles. The molecule has 3 fully saturated rings. The molecule has 20 heavy (non-hydrogen) atoms. The summed E-state index contributed by atoms with van der Waals surface area (Å²) in [5.74, 6) is 0.954. The van der Waals surface area contributed by atoms with Crippen molar-refractivity contribution in [3.63, 3.8) is 0 Å². The van der Waals surface area contributed by atoms with Gasteiger partial charge in [0.05, 0.1) is 19.8 Å². The maximum atomic E-state index is 12.2. The molecule has 7 nitrogen and oxygen atoms in total. The number of ether oxygens (including phenoxy) is 1. The number of likely N-dealkylation sites (tertiary alicyclic amines) is 2. The molecule has 1 N–H and O–H groups in total. The van der Waals surface area contributed by atoms with Gasteiger partial charge in [0.15, 0.2) is 0 Å². The molecule has 0 saturated carbocycles. The number of carboxylic acid groups (broad SMARTS) is 1. The summed E-state index contributed by atoms with van der Waals surface area (Å²) in [7, 11) is 0. The minimum Gasteiger partial charge on any atom is -0.465 e. The maximum Gasteiger partial charge on any atom is 0.407 e. The quantitative estimate of drug-likeness (QED) is 0.731. The summed E-state index contributed by atoms with van der Waals surface area (Å²) in [5.41, 5.74) is 0. The first-order valence-corrected chi connectivity index (χ1v) is 7.19. The van der Waals surface area contributed by atoms with Crippen molar-refractivity contribution in [3.05, 3.63) is 0 Å². The monoisotopic (exact) mass is 283 g/mol. The molecule has 3 aliphatic heterocycles. The number of fused-ring (bicyclic) bond motifs is 1. The van der Waals surface area contributed by atoms with E-state index in [4.69, 9.17) is 9.84 Å². The Morgan fingerprint density at radius 2 is 1.60 bits per heavy atom. The summed E-state index contributed by atoms with van der Waals surface area (Å²) < 4.78 is 5.25. The molecule has 0 radical (unpaired) electrons. The third kappa shape index (κ3) is 2.73. The molecule has 3 saturated heterocycles. The number of amides is 2. The number of carbonyl (C=O) groups excluding carboxylic acids is 1. The van der Waals surface area contributed by atoms with Crippen LogP contribution in [0.3, 0.4) is 0 Å². The van der Waals surface area contributed by atoms with Crippen molar-refractivity contribution in [2.45, 2.75) is 0 Å². The van der Waals surface area contributed by atoms with Gasteiger partial charge in [-0.05, 0) is 11.8 Å². The van der Waals surface area contributed by atoms with Crippen LogP contribution in [0.25, 0.3) is 0 Å². The molecule has 0 spiro atoms. The highest BCUT2D eigenvalue weighted by Gasteiger charge is 2.42. The van der Waals surface area contributed by atoms with Crippen LogP contribution in [0.1, 0.15) is 0 Å².